The molecule has 94 valence electrons. The standard InChI is InChI=1S/C13H11Cl3N2/c1-7(2)11-6-12(16)18-13(17-11)8-3-4-9(14)10(15)5-8/h3-7H,1-2H3. The van der Waals surface area contributed by atoms with Crippen molar-refractivity contribution in [1.29, 1.82) is 0 Å². The molecule has 0 bridgehead atoms. The van der Waals surface area contributed by atoms with Crippen LogP contribution in [0, 0.1) is 0 Å². The van der Waals surface area contributed by atoms with E-state index < -0.39 is 0 Å². The summed E-state index contributed by atoms with van der Waals surface area (Å²) < 4.78 is 0. The van der Waals surface area contributed by atoms with Crippen LogP contribution in [0.25, 0.3) is 11.4 Å². The molecule has 0 spiro atoms. The Hall–Kier alpha value is -0.830. The number of nitrogens with zero attached hydrogens (tertiary/aromatic N) is 2. The van der Waals surface area contributed by atoms with Gasteiger partial charge in [0, 0.05) is 11.3 Å². The zero-order chi connectivity index (χ0) is 13.3. The fraction of sp³-hybridized carbons (Fsp3) is 0.231. The second-order valence-corrected chi connectivity index (χ2v) is 5.42. The van der Waals surface area contributed by atoms with E-state index in [0.717, 1.165) is 11.3 Å². The van der Waals surface area contributed by atoms with Gasteiger partial charge in [-0.05, 0) is 30.2 Å². The van der Waals surface area contributed by atoms with Gasteiger partial charge in [0.05, 0.1) is 10.0 Å². The Balaban J connectivity index is 2.53. The molecule has 0 unspecified atom stereocenters. The quantitative estimate of drug-likeness (QED) is 0.710. The van der Waals surface area contributed by atoms with E-state index in [1.807, 2.05) is 6.07 Å². The topological polar surface area (TPSA) is 25.8 Å². The van der Waals surface area contributed by atoms with Crippen LogP contribution in [0.3, 0.4) is 0 Å². The smallest absolute Gasteiger partial charge is 0.161 e. The minimum atomic E-state index is 0.284. The van der Waals surface area contributed by atoms with Crippen molar-refractivity contribution >= 4 is 34.8 Å². The lowest BCUT2D eigenvalue weighted by Crippen LogP contribution is -1.98. The summed E-state index contributed by atoms with van der Waals surface area (Å²) in [7, 11) is 0. The predicted molar refractivity (Wildman–Crippen MR) is 76.6 cm³/mol. The van der Waals surface area contributed by atoms with Crippen molar-refractivity contribution < 1.29 is 0 Å². The largest absolute Gasteiger partial charge is 0.233 e. The molecule has 0 saturated carbocycles. The van der Waals surface area contributed by atoms with Gasteiger partial charge < -0.3 is 0 Å². The first-order valence-corrected chi connectivity index (χ1v) is 6.60. The zero-order valence-corrected chi connectivity index (χ0v) is 12.2. The van der Waals surface area contributed by atoms with Crippen molar-refractivity contribution in [3.05, 3.63) is 45.2 Å². The molecule has 0 amide bonds. The van der Waals surface area contributed by atoms with Crippen LogP contribution in [-0.2, 0) is 0 Å². The summed E-state index contributed by atoms with van der Waals surface area (Å²) in [6, 6.07) is 7.05. The van der Waals surface area contributed by atoms with E-state index in [1.165, 1.54) is 0 Å². The molecule has 2 rings (SSSR count). The summed E-state index contributed by atoms with van der Waals surface area (Å²) in [5, 5.41) is 1.41. The van der Waals surface area contributed by atoms with Crippen molar-refractivity contribution in [3.8, 4) is 11.4 Å². The molecule has 0 radical (unpaired) electrons. The third-order valence-electron chi connectivity index (χ3n) is 2.48. The first kappa shape index (κ1) is 13.6. The third-order valence-corrected chi connectivity index (χ3v) is 3.42. The molecule has 0 aliphatic heterocycles. The molecule has 2 aromatic rings. The highest BCUT2D eigenvalue weighted by atomic mass is 35.5. The Morgan fingerprint density at radius 1 is 0.944 bits per heavy atom. The highest BCUT2D eigenvalue weighted by molar-refractivity contribution is 6.42. The van der Waals surface area contributed by atoms with Crippen LogP contribution in [0.1, 0.15) is 25.5 Å². The number of hydrogen-bond donors (Lipinski definition) is 0. The zero-order valence-electron chi connectivity index (χ0n) is 9.92. The van der Waals surface area contributed by atoms with E-state index in [9.17, 15) is 0 Å². The average molecular weight is 302 g/mol. The summed E-state index contributed by atoms with van der Waals surface area (Å²) in [5.74, 6) is 0.844. The number of hydrogen-bond acceptors (Lipinski definition) is 2. The van der Waals surface area contributed by atoms with Crippen LogP contribution < -0.4 is 0 Å². The number of rotatable bonds is 2. The summed E-state index contributed by atoms with van der Waals surface area (Å²) in [4.78, 5) is 8.69. The maximum absolute atomic E-state index is 6.00. The highest BCUT2D eigenvalue weighted by Crippen LogP contribution is 2.28. The van der Waals surface area contributed by atoms with Crippen molar-refractivity contribution in [2.75, 3.05) is 0 Å². The number of halogens is 3. The molecule has 18 heavy (non-hydrogen) atoms. The Bertz CT molecular complexity index is 582. The average Bonchev–Trinajstić information content (AvgIpc) is 2.31. The Morgan fingerprint density at radius 3 is 2.28 bits per heavy atom. The van der Waals surface area contributed by atoms with Gasteiger partial charge in [-0.3, -0.25) is 0 Å². The molecule has 1 heterocycles. The molecule has 0 saturated heterocycles. The van der Waals surface area contributed by atoms with E-state index in [1.54, 1.807) is 18.2 Å². The number of aromatic nitrogens is 2. The van der Waals surface area contributed by atoms with Gasteiger partial charge in [-0.2, -0.15) is 0 Å². The second kappa shape index (κ2) is 5.43. The fourth-order valence-electron chi connectivity index (χ4n) is 1.50. The summed E-state index contributed by atoms with van der Waals surface area (Å²) >= 11 is 17.9. The fourth-order valence-corrected chi connectivity index (χ4v) is 1.99. The minimum Gasteiger partial charge on any atom is -0.233 e. The maximum atomic E-state index is 6.00. The maximum Gasteiger partial charge on any atom is 0.161 e. The molecule has 1 aromatic carbocycles. The van der Waals surface area contributed by atoms with Crippen LogP contribution in [0.4, 0.5) is 0 Å². The van der Waals surface area contributed by atoms with Crippen LogP contribution in [0.15, 0.2) is 24.3 Å². The Morgan fingerprint density at radius 2 is 1.67 bits per heavy atom. The Labute approximate surface area is 121 Å². The molecule has 0 fully saturated rings. The molecular formula is C13H11Cl3N2. The van der Waals surface area contributed by atoms with Gasteiger partial charge in [0.25, 0.3) is 0 Å². The van der Waals surface area contributed by atoms with Crippen molar-refractivity contribution in [3.63, 3.8) is 0 Å². The monoisotopic (exact) mass is 300 g/mol. The predicted octanol–water partition coefficient (Wildman–Crippen LogP) is 5.23. The van der Waals surface area contributed by atoms with E-state index in [-0.39, 0.29) is 5.92 Å². The molecule has 0 atom stereocenters. The lowest BCUT2D eigenvalue weighted by molar-refractivity contribution is 0.817. The van der Waals surface area contributed by atoms with Gasteiger partial charge in [-0.25, -0.2) is 9.97 Å². The summed E-state index contributed by atoms with van der Waals surface area (Å²) in [5.41, 5.74) is 1.70. The van der Waals surface area contributed by atoms with Crippen LogP contribution in [0.5, 0.6) is 0 Å². The van der Waals surface area contributed by atoms with Gasteiger partial charge in [-0.1, -0.05) is 48.7 Å². The lowest BCUT2D eigenvalue weighted by atomic mass is 10.1. The molecular weight excluding hydrogens is 291 g/mol. The molecule has 0 N–H and O–H groups in total. The first-order valence-electron chi connectivity index (χ1n) is 5.47. The lowest BCUT2D eigenvalue weighted by Gasteiger charge is -2.08. The minimum absolute atomic E-state index is 0.284. The van der Waals surface area contributed by atoms with E-state index in [0.29, 0.717) is 21.0 Å². The SMILES string of the molecule is CC(C)c1cc(Cl)nc(-c2ccc(Cl)c(Cl)c2)n1. The van der Waals surface area contributed by atoms with Crippen LogP contribution in [0.2, 0.25) is 15.2 Å². The molecule has 5 heteroatoms. The van der Waals surface area contributed by atoms with E-state index in [4.69, 9.17) is 34.8 Å². The van der Waals surface area contributed by atoms with Crippen molar-refractivity contribution in [2.45, 2.75) is 19.8 Å². The van der Waals surface area contributed by atoms with E-state index in [2.05, 4.69) is 23.8 Å². The van der Waals surface area contributed by atoms with Gasteiger partial charge >= 0.3 is 0 Å². The first-order chi connectivity index (χ1) is 8.47. The molecule has 1 aromatic heterocycles. The second-order valence-electron chi connectivity index (χ2n) is 4.22. The van der Waals surface area contributed by atoms with Crippen molar-refractivity contribution in [2.24, 2.45) is 0 Å². The number of benzene rings is 1. The van der Waals surface area contributed by atoms with Gasteiger partial charge in [-0.15, -0.1) is 0 Å². The normalized spacial score (nSPS) is 11.0. The van der Waals surface area contributed by atoms with Crippen LogP contribution in [-0.4, -0.2) is 9.97 Å². The van der Waals surface area contributed by atoms with Crippen molar-refractivity contribution in [1.82, 2.24) is 9.97 Å². The van der Waals surface area contributed by atoms with Gasteiger partial charge in [0.15, 0.2) is 5.82 Å². The third kappa shape index (κ3) is 2.94. The van der Waals surface area contributed by atoms with Crippen LogP contribution >= 0.6 is 34.8 Å². The molecule has 0 aliphatic carbocycles. The van der Waals surface area contributed by atoms with E-state index >= 15 is 0 Å². The Kier molecular flexibility index (Phi) is 4.10. The highest BCUT2D eigenvalue weighted by Gasteiger charge is 2.09. The molecule has 0 aliphatic rings. The van der Waals surface area contributed by atoms with Gasteiger partial charge in [0.1, 0.15) is 5.15 Å². The molecule has 2 nitrogen and oxygen atoms in total. The summed E-state index contributed by atoms with van der Waals surface area (Å²) in [6.07, 6.45) is 0. The summed E-state index contributed by atoms with van der Waals surface area (Å²) in [6.45, 7) is 4.11. The van der Waals surface area contributed by atoms with Gasteiger partial charge in [0.2, 0.25) is 0 Å².